The summed E-state index contributed by atoms with van der Waals surface area (Å²) in [4.78, 5) is 126. The Morgan fingerprint density at radius 2 is 1.32 bits per heavy atom. The van der Waals surface area contributed by atoms with Crippen LogP contribution in [0.1, 0.15) is 116 Å². The van der Waals surface area contributed by atoms with Crippen molar-refractivity contribution in [1.82, 2.24) is 61.3 Å². The highest BCUT2D eigenvalue weighted by Gasteiger charge is 2.50. The Balaban J connectivity index is 0.00000167. The van der Waals surface area contributed by atoms with Gasteiger partial charge in [-0.15, -0.1) is 10.2 Å². The van der Waals surface area contributed by atoms with Gasteiger partial charge in [0.05, 0.1) is 55.9 Å². The topological polar surface area (TPSA) is 503 Å². The van der Waals surface area contributed by atoms with Gasteiger partial charge in [0, 0.05) is 118 Å². The highest BCUT2D eigenvalue weighted by Crippen LogP contribution is 2.41. The molecule has 5 aliphatic rings. The van der Waals surface area contributed by atoms with Crippen molar-refractivity contribution >= 4 is 75.6 Å². The molecule has 37 heteroatoms. The Bertz CT molecular complexity index is 3830. The minimum atomic E-state index is -4.78. The van der Waals surface area contributed by atoms with E-state index in [1.165, 1.54) is 62.2 Å². The fourth-order valence-electron chi connectivity index (χ4n) is 15.0. The molecule has 0 bridgehead atoms. The van der Waals surface area contributed by atoms with Crippen LogP contribution in [0.25, 0.3) is 21.1 Å². The third-order valence-corrected chi connectivity index (χ3v) is 22.7. The van der Waals surface area contributed by atoms with E-state index >= 15 is 9.59 Å². The van der Waals surface area contributed by atoms with Gasteiger partial charge < -0.3 is 101 Å². The molecule has 4 aromatic rings. The van der Waals surface area contributed by atoms with Gasteiger partial charge in [-0.1, -0.05) is 63.0 Å². The van der Waals surface area contributed by atoms with Crippen molar-refractivity contribution in [3.8, 4) is 32.6 Å². The number of aliphatic hydroxyl groups excluding tert-OH is 8. The molecule has 17 N–H and O–H groups in total. The molecule has 9 rings (SSSR count). The predicted octanol–water partition coefficient (Wildman–Crippen LogP) is 1.24. The Kier molecular flexibility index (Phi) is 33.0. The molecule has 5 heterocycles. The first kappa shape index (κ1) is 90.3. The summed E-state index contributed by atoms with van der Waals surface area (Å²) in [7, 11) is 0. The van der Waals surface area contributed by atoms with Crippen LogP contribution in [0.3, 0.4) is 0 Å². The standard InChI is InChI=1S/C68H94N12O22S2.C8H19N/c1-5-26-101-68(97)78(45(34-81)35-82)21-20-51(87)56-67(96)80-32-37(3)58(89)57(80)63(94)69-31-46(84)29-48(70-59(90)40-9-11-41(12-10-40)64-74-75-65(103-64)42-13-17-44(18-14-42)77-24-22-76(23-25-77)43-15-6-36(2)7-16-43)60(91)71-54(38(4)83)66(95)79-33-47(85)30-49(79)61(92)72-55(62(93)73-56)52(88)27-39-8-19-50(86)53(28-39)102-104(98,99)100;1-6-9(7(2)3)8(4)5/h5,8-14,17-19,28,36-38,43,45-49,51-52,54-58,81-89,98-100H,1,6-7,15-16,20-27,29-35H2,2-4H3,(H,69,94)(H,70,90)(H,71,91)(H,72,92)(H,73,93);7-8H,6H2,1-5H3/t36?,37-,38+,43?,46+,47+,48-,49-,51+,52+,54-,55-,56-,57-,58-;/m0./s1. The van der Waals surface area contributed by atoms with Gasteiger partial charge in [-0.25, -0.2) is 4.79 Å². The second kappa shape index (κ2) is 41.4. The molecule has 626 valence electrons. The average molecular weight is 1620 g/mol. The van der Waals surface area contributed by atoms with Gasteiger partial charge in [-0.2, -0.15) is 0 Å². The minimum absolute atomic E-state index is 0.00933. The summed E-state index contributed by atoms with van der Waals surface area (Å²) in [6.07, 6.45) is -8.84. The number of aromatic hydroxyl groups is 1. The summed E-state index contributed by atoms with van der Waals surface area (Å²) in [6, 6.07) is 5.76. The number of amides is 8. The van der Waals surface area contributed by atoms with Crippen molar-refractivity contribution in [3.05, 3.63) is 90.5 Å². The van der Waals surface area contributed by atoms with E-state index < -0.39 is 220 Å². The number of carbonyl (C=O) groups excluding carboxylic acids is 8. The largest absolute Gasteiger partial charge is 0.504 e. The number of nitrogens with one attached hydrogen (secondary N) is 5. The molecule has 4 aliphatic heterocycles. The molecule has 0 spiro atoms. The number of aromatic nitrogens is 2. The number of piperazine rings is 1. The summed E-state index contributed by atoms with van der Waals surface area (Å²) in [5, 5.41) is 123. The van der Waals surface area contributed by atoms with Gasteiger partial charge in [-0.3, -0.25) is 57.0 Å². The lowest BCUT2D eigenvalue weighted by atomic mass is 9.86. The number of hydrogen-bond acceptors (Lipinski definition) is 28. The van der Waals surface area contributed by atoms with Crippen LogP contribution >= 0.6 is 22.5 Å². The number of carbonyl (C=O) groups is 8. The van der Waals surface area contributed by atoms with Crippen LogP contribution in [0.2, 0.25) is 0 Å². The van der Waals surface area contributed by atoms with Gasteiger partial charge in [-0.05, 0) is 133 Å². The van der Waals surface area contributed by atoms with E-state index in [0.717, 1.165) is 89.7 Å². The molecule has 4 saturated heterocycles. The molecule has 13 atom stereocenters. The molecule has 5 fully saturated rings. The smallest absolute Gasteiger partial charge is 0.410 e. The van der Waals surface area contributed by atoms with E-state index in [1.807, 2.05) is 12.1 Å². The highest BCUT2D eigenvalue weighted by atomic mass is 32.3. The number of phenols is 1. The fraction of sp³-hybridized carbons (Fsp3) is 0.605. The molecular formula is C76H113N13O22S2. The van der Waals surface area contributed by atoms with Crippen molar-refractivity contribution in [3.63, 3.8) is 0 Å². The Morgan fingerprint density at radius 1 is 0.726 bits per heavy atom. The number of hydrogen-bond donors (Lipinski definition) is 17. The molecule has 8 amide bonds. The van der Waals surface area contributed by atoms with E-state index in [4.69, 9.17) is 4.74 Å². The molecule has 1 aliphatic carbocycles. The molecular weight excluding hydrogens is 1510 g/mol. The highest BCUT2D eigenvalue weighted by molar-refractivity contribution is 8.15. The van der Waals surface area contributed by atoms with Crippen LogP contribution < -0.4 is 35.7 Å². The summed E-state index contributed by atoms with van der Waals surface area (Å²) in [5.41, 5.74) is 2.43. The monoisotopic (exact) mass is 1620 g/mol. The lowest BCUT2D eigenvalue weighted by Crippen LogP contribution is -2.64. The number of phenolic OH excluding ortho intramolecular Hbond substituents is 1. The van der Waals surface area contributed by atoms with Crippen LogP contribution in [-0.2, 0) is 39.9 Å². The molecule has 35 nitrogen and oxygen atoms in total. The van der Waals surface area contributed by atoms with E-state index in [-0.39, 0.29) is 17.7 Å². The van der Waals surface area contributed by atoms with E-state index in [1.54, 1.807) is 12.1 Å². The second-order valence-corrected chi connectivity index (χ2v) is 32.3. The summed E-state index contributed by atoms with van der Waals surface area (Å²) in [5.74, 6) is -10.2. The SMILES string of the molecule is C=CCOC(=O)N(CC[C@@H](O)[C@@H]1NC(=O)[C@H]([C@H](O)Cc2ccc(O)c(OS(O)(O)O)c2)NC(=O)[C@@H]2C[C@@H](O)CN2C(=O)[C@H]([C@@H](C)O)NC(=O)[C@@H](NC(=O)c2ccc(-c3nnc(-c4ccc(N5CCN(C6CCC(C)CC6)CC5)cc4)s3)cc2)C[C@@H](O)CNC(=O)[C@@H]2[C@@H](O)[C@@H](C)CN2C1=O)C(CO)CO.CCN(C(C)C)C(C)C. The first-order valence-corrected chi connectivity index (χ1v) is 40.6. The maximum Gasteiger partial charge on any atom is 0.410 e. The first-order valence-electron chi connectivity index (χ1n) is 38.3. The number of fused-ring (bicyclic) bond motifs is 2. The van der Waals surface area contributed by atoms with Crippen molar-refractivity contribution in [2.45, 2.75) is 204 Å². The van der Waals surface area contributed by atoms with Crippen molar-refractivity contribution in [2.24, 2.45) is 11.8 Å². The van der Waals surface area contributed by atoms with Gasteiger partial charge in [0.25, 0.3) is 17.1 Å². The minimum Gasteiger partial charge on any atom is -0.504 e. The number of rotatable bonds is 24. The van der Waals surface area contributed by atoms with E-state index in [2.05, 4.69) is 116 Å². The summed E-state index contributed by atoms with van der Waals surface area (Å²) >= 11 is -3.46. The van der Waals surface area contributed by atoms with Gasteiger partial charge >= 0.3 is 6.09 Å². The molecule has 3 aromatic carbocycles. The zero-order chi connectivity index (χ0) is 82.9. The zero-order valence-electron chi connectivity index (χ0n) is 65.0. The molecule has 113 heavy (non-hydrogen) atoms. The number of benzene rings is 3. The van der Waals surface area contributed by atoms with Crippen molar-refractivity contribution < 1.29 is 107 Å². The number of nitrogens with zero attached hydrogens (tertiary/aromatic N) is 8. The van der Waals surface area contributed by atoms with E-state index in [0.29, 0.717) is 33.7 Å². The number of aliphatic hydroxyl groups is 8. The lowest BCUT2D eigenvalue weighted by Gasteiger charge is -2.42. The van der Waals surface area contributed by atoms with Crippen LogP contribution in [0.15, 0.2) is 79.4 Å². The Morgan fingerprint density at radius 3 is 1.88 bits per heavy atom. The molecule has 1 aromatic heterocycles. The second-order valence-electron chi connectivity index (χ2n) is 30.2. The van der Waals surface area contributed by atoms with Gasteiger partial charge in [0.15, 0.2) is 11.5 Å². The quantitative estimate of drug-likeness (QED) is 0.0439. The maximum absolute atomic E-state index is 15.2. The lowest BCUT2D eigenvalue weighted by molar-refractivity contribution is -0.147. The van der Waals surface area contributed by atoms with E-state index in [9.17, 15) is 88.4 Å². The van der Waals surface area contributed by atoms with Crippen LogP contribution in [0, 0.1) is 11.8 Å². The van der Waals surface area contributed by atoms with Crippen LogP contribution in [0.5, 0.6) is 11.5 Å². The third kappa shape index (κ3) is 24.2. The summed E-state index contributed by atoms with van der Waals surface area (Å²) in [6.45, 7) is 20.0. The molecule has 1 saturated carbocycles. The predicted molar refractivity (Wildman–Crippen MR) is 419 cm³/mol. The van der Waals surface area contributed by atoms with Crippen LogP contribution in [0.4, 0.5) is 10.5 Å². The number of anilines is 1. The summed E-state index contributed by atoms with van der Waals surface area (Å²) < 4.78 is 38.7. The normalized spacial score (nSPS) is 25.7. The number of β-amino-alcohol motifs (C(OH)–C–C–N with tert-alkyl or cyclic N) is 1. The van der Waals surface area contributed by atoms with Gasteiger partial charge in [0.2, 0.25) is 35.4 Å². The Labute approximate surface area is 663 Å². The first-order chi connectivity index (χ1) is 53.5. The third-order valence-electron chi connectivity index (χ3n) is 21.3. The number of ether oxygens (including phenoxy) is 1. The van der Waals surface area contributed by atoms with Crippen molar-refractivity contribution in [2.75, 3.05) is 83.6 Å². The Hall–Kier alpha value is -8.25. The molecule has 0 radical (unpaired) electrons. The molecule has 0 unspecified atom stereocenters. The zero-order valence-corrected chi connectivity index (χ0v) is 66.6. The van der Waals surface area contributed by atoms with Crippen molar-refractivity contribution in [1.29, 1.82) is 0 Å². The van der Waals surface area contributed by atoms with Crippen LogP contribution in [-0.4, -0.2) is 318 Å². The average Bonchev–Trinajstić information content (AvgIpc) is 1.64. The fourth-order valence-corrected chi connectivity index (χ4v) is 16.3. The van der Waals surface area contributed by atoms with Gasteiger partial charge in [0.1, 0.15) is 52.9 Å². The maximum atomic E-state index is 15.2.